The van der Waals surface area contributed by atoms with Crippen LogP contribution >= 0.6 is 11.8 Å². The van der Waals surface area contributed by atoms with Crippen LogP contribution < -0.4 is 10.1 Å². The number of thioether (sulfide) groups is 1. The summed E-state index contributed by atoms with van der Waals surface area (Å²) in [6.45, 7) is 9.52. The largest absolute Gasteiger partial charge is 0.491 e. The molecule has 1 aliphatic heterocycles. The van der Waals surface area contributed by atoms with Gasteiger partial charge in [0.2, 0.25) is 0 Å². The van der Waals surface area contributed by atoms with E-state index in [1.54, 1.807) is 0 Å². The Morgan fingerprint density at radius 2 is 1.95 bits per heavy atom. The van der Waals surface area contributed by atoms with Crippen molar-refractivity contribution in [2.75, 3.05) is 11.9 Å². The predicted octanol–water partition coefficient (Wildman–Crippen LogP) is 4.40. The molecule has 0 saturated carbocycles. The zero-order valence-electron chi connectivity index (χ0n) is 12.7. The number of nitrogens with zero attached hydrogens (tertiary/aromatic N) is 1. The number of anilines is 1. The first kappa shape index (κ1) is 15.2. The maximum Gasteiger partial charge on any atom is 0.161 e. The third-order valence-corrected chi connectivity index (χ3v) is 4.06. The van der Waals surface area contributed by atoms with E-state index >= 15 is 0 Å². The molecular formula is C16H24N2OS. The van der Waals surface area contributed by atoms with E-state index in [-0.39, 0.29) is 6.10 Å². The lowest BCUT2D eigenvalue weighted by Gasteiger charge is -2.12. The molecule has 3 nitrogen and oxygen atoms in total. The Labute approximate surface area is 126 Å². The van der Waals surface area contributed by atoms with Crippen LogP contribution in [0.5, 0.6) is 5.75 Å². The highest BCUT2D eigenvalue weighted by atomic mass is 32.2. The van der Waals surface area contributed by atoms with Gasteiger partial charge in [-0.15, -0.1) is 0 Å². The van der Waals surface area contributed by atoms with Crippen molar-refractivity contribution in [3.63, 3.8) is 0 Å². The fourth-order valence-corrected chi connectivity index (χ4v) is 3.42. The molecule has 0 fully saturated rings. The van der Waals surface area contributed by atoms with Crippen molar-refractivity contribution >= 4 is 22.6 Å². The normalized spacial score (nSPS) is 18.5. The Hall–Kier alpha value is -1.16. The van der Waals surface area contributed by atoms with Crippen LogP contribution in [0.2, 0.25) is 0 Å². The van der Waals surface area contributed by atoms with Gasteiger partial charge in [-0.25, -0.2) is 0 Å². The number of hydrogen-bond acceptors (Lipinski definition) is 4. The highest BCUT2D eigenvalue weighted by Crippen LogP contribution is 2.27. The van der Waals surface area contributed by atoms with Gasteiger partial charge in [0.15, 0.2) is 5.17 Å². The minimum absolute atomic E-state index is 0.209. The second kappa shape index (κ2) is 7.02. The molecular weight excluding hydrogens is 268 g/mol. The second-order valence-corrected chi connectivity index (χ2v) is 7.12. The summed E-state index contributed by atoms with van der Waals surface area (Å²) in [6.07, 6.45) is 1.43. The van der Waals surface area contributed by atoms with Crippen LogP contribution in [-0.4, -0.2) is 23.1 Å². The smallest absolute Gasteiger partial charge is 0.161 e. The molecule has 1 heterocycles. The second-order valence-electron chi connectivity index (χ2n) is 5.83. The zero-order chi connectivity index (χ0) is 14.5. The maximum absolute atomic E-state index is 5.64. The summed E-state index contributed by atoms with van der Waals surface area (Å²) in [7, 11) is 0. The summed E-state index contributed by atoms with van der Waals surface area (Å²) in [6, 6.07) is 8.06. The Kier molecular flexibility index (Phi) is 5.35. The number of rotatable bonds is 5. The Bertz CT molecular complexity index is 454. The topological polar surface area (TPSA) is 33.6 Å². The van der Waals surface area contributed by atoms with Gasteiger partial charge in [-0.05, 0) is 50.5 Å². The molecule has 110 valence electrons. The van der Waals surface area contributed by atoms with Crippen molar-refractivity contribution in [1.82, 2.24) is 0 Å². The molecule has 0 radical (unpaired) electrons. The van der Waals surface area contributed by atoms with Gasteiger partial charge in [-0.3, -0.25) is 4.99 Å². The van der Waals surface area contributed by atoms with Crippen molar-refractivity contribution in [2.45, 2.75) is 45.5 Å². The number of hydrogen-bond donors (Lipinski definition) is 1. The fraction of sp³-hybridized carbons (Fsp3) is 0.562. The fourth-order valence-electron chi connectivity index (χ4n) is 2.15. The monoisotopic (exact) mass is 292 g/mol. The van der Waals surface area contributed by atoms with Gasteiger partial charge in [0.25, 0.3) is 0 Å². The Balaban J connectivity index is 1.85. The van der Waals surface area contributed by atoms with Crippen LogP contribution in [0, 0.1) is 5.92 Å². The van der Waals surface area contributed by atoms with Gasteiger partial charge < -0.3 is 10.1 Å². The quantitative estimate of drug-likeness (QED) is 0.873. The van der Waals surface area contributed by atoms with Crippen molar-refractivity contribution in [2.24, 2.45) is 10.9 Å². The summed E-state index contributed by atoms with van der Waals surface area (Å²) < 4.78 is 5.64. The van der Waals surface area contributed by atoms with Crippen molar-refractivity contribution < 1.29 is 4.74 Å². The molecule has 1 aromatic carbocycles. The molecule has 1 unspecified atom stereocenters. The van der Waals surface area contributed by atoms with E-state index in [1.165, 1.54) is 6.42 Å². The van der Waals surface area contributed by atoms with Crippen LogP contribution in [0.4, 0.5) is 5.69 Å². The number of aliphatic imine (C=N–C) groups is 1. The molecule has 0 bridgehead atoms. The minimum atomic E-state index is 0.209. The van der Waals surface area contributed by atoms with E-state index in [2.05, 4.69) is 24.2 Å². The van der Waals surface area contributed by atoms with Crippen molar-refractivity contribution in [3.05, 3.63) is 24.3 Å². The number of ether oxygens (including phenoxy) is 1. The van der Waals surface area contributed by atoms with Crippen molar-refractivity contribution in [3.8, 4) is 5.75 Å². The first-order chi connectivity index (χ1) is 9.52. The van der Waals surface area contributed by atoms with Gasteiger partial charge in [0.05, 0.1) is 12.6 Å². The zero-order valence-corrected chi connectivity index (χ0v) is 13.5. The molecule has 0 spiro atoms. The SMILES string of the molecule is CC(C)CC1CN=C(Nc2ccc(OC(C)C)cc2)S1. The average molecular weight is 292 g/mol. The number of benzene rings is 1. The van der Waals surface area contributed by atoms with Gasteiger partial charge in [-0.1, -0.05) is 25.6 Å². The van der Waals surface area contributed by atoms with E-state index in [0.29, 0.717) is 5.25 Å². The molecule has 0 amide bonds. The molecule has 0 aliphatic carbocycles. The van der Waals surface area contributed by atoms with E-state index < -0.39 is 0 Å². The molecule has 2 rings (SSSR count). The van der Waals surface area contributed by atoms with Gasteiger partial charge >= 0.3 is 0 Å². The standard InChI is InChI=1S/C16H24N2OS/c1-11(2)9-15-10-17-16(20-15)18-13-5-7-14(8-6-13)19-12(3)4/h5-8,11-12,15H,9-10H2,1-4H3,(H,17,18). The Morgan fingerprint density at radius 3 is 2.55 bits per heavy atom. The van der Waals surface area contributed by atoms with Crippen molar-refractivity contribution in [1.29, 1.82) is 0 Å². The summed E-state index contributed by atoms with van der Waals surface area (Å²) in [5.41, 5.74) is 1.07. The highest BCUT2D eigenvalue weighted by molar-refractivity contribution is 8.15. The van der Waals surface area contributed by atoms with E-state index in [9.17, 15) is 0 Å². The van der Waals surface area contributed by atoms with E-state index in [4.69, 9.17) is 4.74 Å². The van der Waals surface area contributed by atoms with Crippen LogP contribution in [0.25, 0.3) is 0 Å². The highest BCUT2D eigenvalue weighted by Gasteiger charge is 2.20. The molecule has 0 saturated heterocycles. The first-order valence-corrected chi connectivity index (χ1v) is 8.15. The Morgan fingerprint density at radius 1 is 1.25 bits per heavy atom. The summed E-state index contributed by atoms with van der Waals surface area (Å²) in [5, 5.41) is 5.04. The summed E-state index contributed by atoms with van der Waals surface area (Å²) in [5.74, 6) is 1.64. The summed E-state index contributed by atoms with van der Waals surface area (Å²) >= 11 is 1.86. The first-order valence-electron chi connectivity index (χ1n) is 7.28. The number of nitrogens with one attached hydrogen (secondary N) is 1. The molecule has 1 aromatic rings. The molecule has 1 N–H and O–H groups in total. The summed E-state index contributed by atoms with van der Waals surface area (Å²) in [4.78, 5) is 4.57. The molecule has 4 heteroatoms. The molecule has 0 aromatic heterocycles. The number of amidine groups is 1. The van der Waals surface area contributed by atoms with E-state index in [0.717, 1.165) is 29.1 Å². The van der Waals surface area contributed by atoms with Gasteiger partial charge in [0.1, 0.15) is 5.75 Å². The van der Waals surface area contributed by atoms with Crippen LogP contribution in [0.3, 0.4) is 0 Å². The van der Waals surface area contributed by atoms with Gasteiger partial charge in [0, 0.05) is 10.9 Å². The van der Waals surface area contributed by atoms with Crippen LogP contribution in [0.15, 0.2) is 29.3 Å². The molecule has 1 atom stereocenters. The molecule has 1 aliphatic rings. The lowest BCUT2D eigenvalue weighted by atomic mass is 10.1. The lowest BCUT2D eigenvalue weighted by molar-refractivity contribution is 0.242. The lowest BCUT2D eigenvalue weighted by Crippen LogP contribution is -2.10. The average Bonchev–Trinajstić information content (AvgIpc) is 2.77. The third-order valence-electron chi connectivity index (χ3n) is 2.93. The molecule has 20 heavy (non-hydrogen) atoms. The third kappa shape index (κ3) is 4.75. The van der Waals surface area contributed by atoms with Crippen LogP contribution in [0.1, 0.15) is 34.1 Å². The van der Waals surface area contributed by atoms with E-state index in [1.807, 2.05) is 49.9 Å². The maximum atomic E-state index is 5.64. The minimum Gasteiger partial charge on any atom is -0.491 e. The van der Waals surface area contributed by atoms with Gasteiger partial charge in [-0.2, -0.15) is 0 Å². The van der Waals surface area contributed by atoms with Crippen LogP contribution in [-0.2, 0) is 0 Å². The predicted molar refractivity (Wildman–Crippen MR) is 89.0 cm³/mol.